The van der Waals surface area contributed by atoms with Crippen molar-refractivity contribution in [3.8, 4) is 11.8 Å². The highest BCUT2D eigenvalue weighted by Crippen LogP contribution is 2.10. The van der Waals surface area contributed by atoms with E-state index >= 15 is 0 Å². The lowest BCUT2D eigenvalue weighted by atomic mass is 10.1. The van der Waals surface area contributed by atoms with Crippen LogP contribution in [0, 0.1) is 29.3 Å². The molecule has 0 saturated carbocycles. The third-order valence-corrected chi connectivity index (χ3v) is 4.22. The molecule has 1 N–H and O–H groups in total. The SMILES string of the molecule is O=c1c2nc(C#CCc3ccc(F)cc3)[nH]c2ncn1Cc1ccc(F)c(F)c1. The predicted octanol–water partition coefficient (Wildman–Crippen LogP) is 3.18. The van der Waals surface area contributed by atoms with E-state index in [0.717, 1.165) is 17.7 Å². The number of halogens is 3. The van der Waals surface area contributed by atoms with Gasteiger partial charge in [0.05, 0.1) is 6.54 Å². The minimum absolute atomic E-state index is 0.0252. The Balaban J connectivity index is 1.57. The first-order chi connectivity index (χ1) is 14.0. The summed E-state index contributed by atoms with van der Waals surface area (Å²) in [6, 6.07) is 9.43. The fraction of sp³-hybridized carbons (Fsp3) is 0.0952. The average Bonchev–Trinajstić information content (AvgIpc) is 3.12. The monoisotopic (exact) mass is 394 g/mol. The summed E-state index contributed by atoms with van der Waals surface area (Å²) in [7, 11) is 0. The summed E-state index contributed by atoms with van der Waals surface area (Å²) in [5.74, 6) is 3.75. The molecule has 0 amide bonds. The molecule has 5 nitrogen and oxygen atoms in total. The standard InChI is InChI=1S/C21H13F3N4O/c22-15-7-4-13(5-8-15)2-1-3-18-26-19-20(27-18)25-12-28(21(19)29)11-14-6-9-16(23)17(24)10-14/h4-10,12H,2,11H2,(H,26,27). The summed E-state index contributed by atoms with van der Waals surface area (Å²) >= 11 is 0. The minimum atomic E-state index is -0.983. The highest BCUT2D eigenvalue weighted by atomic mass is 19.2. The molecule has 0 aliphatic heterocycles. The maximum Gasteiger partial charge on any atom is 0.281 e. The lowest BCUT2D eigenvalue weighted by Gasteiger charge is -2.05. The van der Waals surface area contributed by atoms with Crippen LogP contribution in [-0.4, -0.2) is 19.5 Å². The van der Waals surface area contributed by atoms with Crippen LogP contribution < -0.4 is 5.56 Å². The molecule has 0 saturated heterocycles. The lowest BCUT2D eigenvalue weighted by Crippen LogP contribution is -2.21. The third kappa shape index (κ3) is 4.04. The van der Waals surface area contributed by atoms with E-state index in [4.69, 9.17) is 0 Å². The molecule has 0 bridgehead atoms. The number of nitrogens with one attached hydrogen (secondary N) is 1. The van der Waals surface area contributed by atoms with Gasteiger partial charge in [-0.3, -0.25) is 9.36 Å². The van der Waals surface area contributed by atoms with E-state index in [2.05, 4.69) is 26.8 Å². The van der Waals surface area contributed by atoms with Crippen LogP contribution in [0.3, 0.4) is 0 Å². The van der Waals surface area contributed by atoms with Crippen molar-refractivity contribution in [2.45, 2.75) is 13.0 Å². The predicted molar refractivity (Wildman–Crippen MR) is 101 cm³/mol. The number of aromatic nitrogens is 4. The molecule has 0 atom stereocenters. The zero-order valence-corrected chi connectivity index (χ0v) is 14.9. The molecule has 4 aromatic rings. The molecule has 8 heteroatoms. The average molecular weight is 394 g/mol. The number of imidazole rings is 1. The summed E-state index contributed by atoms with van der Waals surface area (Å²) in [4.78, 5) is 23.8. The van der Waals surface area contributed by atoms with Crippen molar-refractivity contribution in [1.82, 2.24) is 19.5 Å². The van der Waals surface area contributed by atoms with Crippen molar-refractivity contribution in [3.05, 3.63) is 93.5 Å². The molecule has 144 valence electrons. The molecule has 0 aliphatic rings. The molecular formula is C21H13F3N4O. The second kappa shape index (κ2) is 7.64. The van der Waals surface area contributed by atoms with E-state index in [0.29, 0.717) is 12.0 Å². The van der Waals surface area contributed by atoms with Gasteiger partial charge in [0.2, 0.25) is 0 Å². The Kier molecular flexibility index (Phi) is 4.87. The Morgan fingerprint density at radius 3 is 2.52 bits per heavy atom. The molecule has 0 unspecified atom stereocenters. The van der Waals surface area contributed by atoms with Crippen LogP contribution in [0.4, 0.5) is 13.2 Å². The van der Waals surface area contributed by atoms with E-state index in [1.165, 1.54) is 29.1 Å². The summed E-state index contributed by atoms with van der Waals surface area (Å²) < 4.78 is 40.6. The van der Waals surface area contributed by atoms with E-state index in [1.807, 2.05) is 0 Å². The van der Waals surface area contributed by atoms with Crippen LogP contribution in [0.15, 0.2) is 53.6 Å². The Labute approximate surface area is 162 Å². The number of hydrogen-bond acceptors (Lipinski definition) is 3. The summed E-state index contributed by atoms with van der Waals surface area (Å²) in [5.41, 5.74) is 1.22. The van der Waals surface area contributed by atoms with Crippen molar-refractivity contribution in [2.24, 2.45) is 0 Å². The fourth-order valence-corrected chi connectivity index (χ4v) is 2.76. The first-order valence-electron chi connectivity index (χ1n) is 8.62. The molecule has 2 heterocycles. The van der Waals surface area contributed by atoms with Crippen molar-refractivity contribution < 1.29 is 13.2 Å². The third-order valence-electron chi connectivity index (χ3n) is 4.22. The van der Waals surface area contributed by atoms with Crippen molar-refractivity contribution >= 4 is 11.2 Å². The quantitative estimate of drug-likeness (QED) is 0.543. The molecule has 0 aliphatic carbocycles. The van der Waals surface area contributed by atoms with Crippen LogP contribution >= 0.6 is 0 Å². The van der Waals surface area contributed by atoms with E-state index in [-0.39, 0.29) is 29.4 Å². The van der Waals surface area contributed by atoms with Crippen molar-refractivity contribution in [3.63, 3.8) is 0 Å². The Bertz CT molecular complexity index is 1310. The van der Waals surface area contributed by atoms with Gasteiger partial charge >= 0.3 is 0 Å². The van der Waals surface area contributed by atoms with Crippen LogP contribution in [0.25, 0.3) is 11.2 Å². The van der Waals surface area contributed by atoms with Gasteiger partial charge in [0.25, 0.3) is 5.56 Å². The van der Waals surface area contributed by atoms with Gasteiger partial charge < -0.3 is 4.98 Å². The largest absolute Gasteiger partial charge is 0.316 e. The number of fused-ring (bicyclic) bond motifs is 1. The van der Waals surface area contributed by atoms with Gasteiger partial charge in [0.1, 0.15) is 12.1 Å². The maximum atomic E-state index is 13.4. The van der Waals surface area contributed by atoms with Gasteiger partial charge in [0.15, 0.2) is 28.6 Å². The topological polar surface area (TPSA) is 63.6 Å². The number of rotatable bonds is 3. The Morgan fingerprint density at radius 1 is 1.00 bits per heavy atom. The van der Waals surface area contributed by atoms with E-state index < -0.39 is 17.2 Å². The Hall–Kier alpha value is -3.86. The van der Waals surface area contributed by atoms with Crippen LogP contribution in [0.2, 0.25) is 0 Å². The van der Waals surface area contributed by atoms with Gasteiger partial charge in [0, 0.05) is 6.42 Å². The molecule has 2 aromatic heterocycles. The number of benzene rings is 2. The second-order valence-electron chi connectivity index (χ2n) is 6.31. The van der Waals surface area contributed by atoms with Crippen molar-refractivity contribution in [1.29, 1.82) is 0 Å². The van der Waals surface area contributed by atoms with E-state index in [1.54, 1.807) is 12.1 Å². The molecule has 4 rings (SSSR count). The first-order valence-corrected chi connectivity index (χ1v) is 8.62. The Morgan fingerprint density at radius 2 is 1.76 bits per heavy atom. The molecule has 2 aromatic carbocycles. The molecule has 29 heavy (non-hydrogen) atoms. The van der Waals surface area contributed by atoms with Gasteiger partial charge in [-0.2, -0.15) is 0 Å². The molecule has 0 radical (unpaired) electrons. The molecule has 0 fully saturated rings. The van der Waals surface area contributed by atoms with Gasteiger partial charge in [-0.05, 0) is 41.3 Å². The number of aromatic amines is 1. The normalized spacial score (nSPS) is 10.7. The first kappa shape index (κ1) is 18.5. The number of nitrogens with zero attached hydrogens (tertiary/aromatic N) is 3. The zero-order valence-electron chi connectivity index (χ0n) is 14.9. The smallest absolute Gasteiger partial charge is 0.281 e. The molecule has 0 spiro atoms. The fourth-order valence-electron chi connectivity index (χ4n) is 2.76. The highest BCUT2D eigenvalue weighted by molar-refractivity contribution is 5.69. The lowest BCUT2D eigenvalue weighted by molar-refractivity contribution is 0.506. The van der Waals surface area contributed by atoms with Crippen LogP contribution in [-0.2, 0) is 13.0 Å². The van der Waals surface area contributed by atoms with Crippen LogP contribution in [0.1, 0.15) is 17.0 Å². The summed E-state index contributed by atoms with van der Waals surface area (Å²) in [5, 5.41) is 0. The highest BCUT2D eigenvalue weighted by Gasteiger charge is 2.10. The van der Waals surface area contributed by atoms with Crippen molar-refractivity contribution in [2.75, 3.05) is 0 Å². The second-order valence-corrected chi connectivity index (χ2v) is 6.31. The summed E-state index contributed by atoms with van der Waals surface area (Å²) in [6.07, 6.45) is 1.70. The van der Waals surface area contributed by atoms with E-state index in [9.17, 15) is 18.0 Å². The number of H-pyrrole nitrogens is 1. The summed E-state index contributed by atoms with van der Waals surface area (Å²) in [6.45, 7) is 0.0252. The molecular weight excluding hydrogens is 381 g/mol. The van der Waals surface area contributed by atoms with Gasteiger partial charge in [-0.15, -0.1) is 0 Å². The maximum absolute atomic E-state index is 13.4. The van der Waals surface area contributed by atoms with Crippen LogP contribution in [0.5, 0.6) is 0 Å². The number of hydrogen-bond donors (Lipinski definition) is 1. The van der Waals surface area contributed by atoms with Gasteiger partial charge in [-0.25, -0.2) is 23.1 Å². The zero-order chi connectivity index (χ0) is 20.4. The minimum Gasteiger partial charge on any atom is -0.316 e. The van der Waals surface area contributed by atoms with Gasteiger partial charge in [-0.1, -0.05) is 24.1 Å².